The van der Waals surface area contributed by atoms with Gasteiger partial charge in [-0.05, 0) is 45.3 Å². The van der Waals surface area contributed by atoms with Gasteiger partial charge in [0.15, 0.2) is 0 Å². The van der Waals surface area contributed by atoms with Crippen LogP contribution in [0.15, 0.2) is 18.2 Å². The predicted molar refractivity (Wildman–Crippen MR) is 83.0 cm³/mol. The zero-order valence-electron chi connectivity index (χ0n) is 15.9. The fourth-order valence-corrected chi connectivity index (χ4v) is 2.40. The van der Waals surface area contributed by atoms with Gasteiger partial charge in [-0.1, -0.05) is 6.07 Å². The number of aryl methyl sites for hydroxylation is 1. The minimum Gasteiger partial charge on any atom is -0.481 e. The van der Waals surface area contributed by atoms with Crippen LogP contribution in [0.4, 0.5) is 0 Å². The maximum Gasteiger partial charge on any atom is 0.494 e. The van der Waals surface area contributed by atoms with Crippen LogP contribution in [0, 0.1) is 0 Å². The van der Waals surface area contributed by atoms with Gasteiger partial charge in [0.1, 0.15) is 0 Å². The normalized spacial score (nSPS) is 22.9. The Hall–Kier alpha value is -1.53. The average molecular weight is 291 g/mol. The van der Waals surface area contributed by atoms with E-state index >= 15 is 0 Å². The van der Waals surface area contributed by atoms with Gasteiger partial charge in [0.2, 0.25) is 5.88 Å². The van der Waals surface area contributed by atoms with Crippen molar-refractivity contribution < 1.29 is 18.2 Å². The Balaban J connectivity index is 2.07. The molecule has 21 heavy (non-hydrogen) atoms. The van der Waals surface area contributed by atoms with E-state index in [1.54, 1.807) is 6.07 Å². The number of hydrogen-bond donors (Lipinski definition) is 0. The van der Waals surface area contributed by atoms with Crippen molar-refractivity contribution in [2.45, 2.75) is 38.9 Å². The number of aromatic nitrogens is 2. The quantitative estimate of drug-likeness (QED) is 0.793. The number of fused-ring (bicyclic) bond motifs is 1. The first kappa shape index (κ1) is 11.1. The summed E-state index contributed by atoms with van der Waals surface area (Å²) in [5.41, 5.74) is 0.451. The molecule has 1 aliphatic heterocycles. The molecule has 2 aromatic rings. The Morgan fingerprint density at radius 1 is 1.24 bits per heavy atom. The lowest BCUT2D eigenvalue weighted by Crippen LogP contribution is -2.41. The van der Waals surface area contributed by atoms with E-state index in [1.165, 1.54) is 7.11 Å². The number of hydrogen-bond acceptors (Lipinski definition) is 4. The predicted octanol–water partition coefficient (Wildman–Crippen LogP) is 1.88. The lowest BCUT2D eigenvalue weighted by molar-refractivity contribution is 0.00578. The van der Waals surface area contributed by atoms with E-state index in [4.69, 9.17) is 18.2 Å². The van der Waals surface area contributed by atoms with Crippen LogP contribution in [0.5, 0.6) is 5.88 Å². The number of benzene rings is 1. The second-order valence-electron chi connectivity index (χ2n) is 6.29. The smallest absolute Gasteiger partial charge is 0.481 e. The molecule has 0 amide bonds. The first-order valence-electron chi connectivity index (χ1n) is 8.39. The average Bonchev–Trinajstić information content (AvgIpc) is 2.92. The van der Waals surface area contributed by atoms with Crippen LogP contribution in [0.3, 0.4) is 0 Å². The van der Waals surface area contributed by atoms with Gasteiger partial charge in [-0.15, -0.1) is 0 Å². The van der Waals surface area contributed by atoms with Crippen molar-refractivity contribution in [1.82, 2.24) is 9.78 Å². The highest BCUT2D eigenvalue weighted by Crippen LogP contribution is 2.36. The first-order chi connectivity index (χ1) is 11.0. The monoisotopic (exact) mass is 291 g/mol. The second kappa shape index (κ2) is 4.48. The molecule has 2 heterocycles. The summed E-state index contributed by atoms with van der Waals surface area (Å²) in [6, 6.07) is 5.40. The molecule has 0 saturated carbocycles. The van der Waals surface area contributed by atoms with E-state index in [2.05, 4.69) is 5.10 Å². The van der Waals surface area contributed by atoms with E-state index in [0.29, 0.717) is 10.9 Å². The fourth-order valence-electron chi connectivity index (χ4n) is 2.40. The third-order valence-electron chi connectivity index (χ3n) is 4.37. The van der Waals surface area contributed by atoms with Crippen LogP contribution in [-0.2, 0) is 16.3 Å². The third kappa shape index (κ3) is 2.13. The van der Waals surface area contributed by atoms with Crippen LogP contribution in [0.1, 0.15) is 31.8 Å². The SMILES string of the molecule is [2H]C([2H])([2H])n1nc2ccc(B3OC(C)(C)C(C)(C)O3)cc2c1OC. The lowest BCUT2D eigenvalue weighted by atomic mass is 9.78. The third-order valence-corrected chi connectivity index (χ3v) is 4.37. The summed E-state index contributed by atoms with van der Waals surface area (Å²) in [6.45, 7) is 5.53. The summed E-state index contributed by atoms with van der Waals surface area (Å²) in [7, 11) is 0.903. The molecule has 3 rings (SSSR count). The Morgan fingerprint density at radius 2 is 1.90 bits per heavy atom. The lowest BCUT2D eigenvalue weighted by Gasteiger charge is -2.32. The van der Waals surface area contributed by atoms with Crippen LogP contribution in [0.2, 0.25) is 0 Å². The van der Waals surface area contributed by atoms with Gasteiger partial charge in [-0.2, -0.15) is 5.10 Å². The summed E-state index contributed by atoms with van der Waals surface area (Å²) in [6.07, 6.45) is 0. The molecular formula is C15H21BN2O3. The molecule has 1 fully saturated rings. The van der Waals surface area contributed by atoms with Crippen LogP contribution in [0.25, 0.3) is 10.9 Å². The molecule has 0 radical (unpaired) electrons. The van der Waals surface area contributed by atoms with Crippen molar-refractivity contribution in [3.63, 3.8) is 0 Å². The van der Waals surface area contributed by atoms with Crippen LogP contribution >= 0.6 is 0 Å². The van der Waals surface area contributed by atoms with Crippen molar-refractivity contribution >= 4 is 23.5 Å². The van der Waals surface area contributed by atoms with Gasteiger partial charge in [0, 0.05) is 11.1 Å². The van der Waals surface area contributed by atoms with E-state index in [9.17, 15) is 0 Å². The standard InChI is InChI=1S/C15H21BN2O3/c1-14(2)15(3,4)21-16(20-14)10-7-8-12-11(9-10)13(19-6)18(5)17-12/h7-9H,1-6H3/i5D3. The van der Waals surface area contributed by atoms with Crippen LogP contribution in [-0.4, -0.2) is 35.2 Å². The molecule has 112 valence electrons. The molecule has 0 spiro atoms. The zero-order chi connectivity index (χ0) is 17.9. The number of rotatable bonds is 2. The van der Waals surface area contributed by atoms with Gasteiger partial charge in [0.25, 0.3) is 0 Å². The van der Waals surface area contributed by atoms with E-state index in [-0.39, 0.29) is 5.88 Å². The number of nitrogens with zero attached hydrogens (tertiary/aromatic N) is 2. The summed E-state index contributed by atoms with van der Waals surface area (Å²) < 4.78 is 41.0. The summed E-state index contributed by atoms with van der Waals surface area (Å²) in [4.78, 5) is 0. The number of methoxy groups -OCH3 is 1. The molecular weight excluding hydrogens is 267 g/mol. The molecule has 5 nitrogen and oxygen atoms in total. The summed E-state index contributed by atoms with van der Waals surface area (Å²) in [5, 5.41) is 4.74. The van der Waals surface area contributed by atoms with Crippen molar-refractivity contribution in [2.75, 3.05) is 7.11 Å². The molecule has 0 atom stereocenters. The first-order valence-corrected chi connectivity index (χ1v) is 6.89. The Labute approximate surface area is 129 Å². The van der Waals surface area contributed by atoms with Crippen molar-refractivity contribution in [2.24, 2.45) is 6.98 Å². The topological polar surface area (TPSA) is 45.5 Å². The number of ether oxygens (including phenoxy) is 1. The molecule has 6 heteroatoms. The van der Waals surface area contributed by atoms with Gasteiger partial charge < -0.3 is 14.0 Å². The second-order valence-corrected chi connectivity index (χ2v) is 6.29. The minimum absolute atomic E-state index is 0.198. The Bertz CT molecular complexity index is 770. The molecule has 0 bridgehead atoms. The molecule has 1 aromatic carbocycles. The molecule has 1 aromatic heterocycles. The van der Waals surface area contributed by atoms with Crippen molar-refractivity contribution in [1.29, 1.82) is 0 Å². The molecule has 1 aliphatic rings. The maximum atomic E-state index is 7.58. The Morgan fingerprint density at radius 3 is 2.48 bits per heavy atom. The zero-order valence-corrected chi connectivity index (χ0v) is 12.9. The van der Waals surface area contributed by atoms with Crippen molar-refractivity contribution in [3.05, 3.63) is 18.2 Å². The molecule has 0 aliphatic carbocycles. The van der Waals surface area contributed by atoms with Crippen molar-refractivity contribution in [3.8, 4) is 5.88 Å². The van der Waals surface area contributed by atoms with Gasteiger partial charge in [0.05, 0.1) is 29.2 Å². The van der Waals surface area contributed by atoms with E-state index < -0.39 is 25.3 Å². The molecule has 1 saturated heterocycles. The molecule has 0 unspecified atom stereocenters. The fraction of sp³-hybridized carbons (Fsp3) is 0.533. The highest BCUT2D eigenvalue weighted by Gasteiger charge is 2.51. The minimum atomic E-state index is -2.41. The summed E-state index contributed by atoms with van der Waals surface area (Å²) >= 11 is 0. The highest BCUT2D eigenvalue weighted by molar-refractivity contribution is 6.62. The van der Waals surface area contributed by atoms with Gasteiger partial charge in [-0.3, -0.25) is 0 Å². The van der Waals surface area contributed by atoms with E-state index in [0.717, 1.165) is 10.1 Å². The summed E-state index contributed by atoms with van der Waals surface area (Å²) in [5.74, 6) is 0.198. The van der Waals surface area contributed by atoms with Gasteiger partial charge >= 0.3 is 7.12 Å². The maximum absolute atomic E-state index is 7.58. The van der Waals surface area contributed by atoms with Crippen LogP contribution < -0.4 is 10.2 Å². The molecule has 0 N–H and O–H groups in total. The highest BCUT2D eigenvalue weighted by atomic mass is 16.7. The Kier molecular flexibility index (Phi) is 2.37. The van der Waals surface area contributed by atoms with E-state index in [1.807, 2.05) is 39.8 Å². The largest absolute Gasteiger partial charge is 0.494 e. The van der Waals surface area contributed by atoms with Gasteiger partial charge in [-0.25, -0.2) is 4.68 Å².